The fourth-order valence-corrected chi connectivity index (χ4v) is 2.32. The Morgan fingerprint density at radius 3 is 2.68 bits per heavy atom. The first-order valence-corrected chi connectivity index (χ1v) is 7.87. The van der Waals surface area contributed by atoms with Gasteiger partial charge >= 0.3 is 0 Å². The van der Waals surface area contributed by atoms with Crippen LogP contribution in [0, 0.1) is 0 Å². The zero-order chi connectivity index (χ0) is 13.9. The zero-order valence-corrected chi connectivity index (χ0v) is 12.6. The van der Waals surface area contributed by atoms with E-state index in [1.165, 1.54) is 19.3 Å². The predicted molar refractivity (Wildman–Crippen MR) is 77.4 cm³/mol. The molecule has 0 saturated heterocycles. The van der Waals surface area contributed by atoms with E-state index in [1.54, 1.807) is 0 Å². The predicted octanol–water partition coefficient (Wildman–Crippen LogP) is 2.10. The second-order valence-corrected chi connectivity index (χ2v) is 5.44. The molecule has 2 N–H and O–H groups in total. The van der Waals surface area contributed by atoms with Crippen LogP contribution >= 0.6 is 0 Å². The molecule has 0 aromatic heterocycles. The third-order valence-electron chi connectivity index (χ3n) is 3.59. The lowest BCUT2D eigenvalue weighted by atomic mass is 9.89. The SMILES string of the molecule is CCCCCCOCC(O)CNC1CC(OCC)C1. The Hall–Kier alpha value is -0.160. The molecule has 0 radical (unpaired) electrons. The normalized spacial score (nSPS) is 24.2. The van der Waals surface area contributed by atoms with Gasteiger partial charge in [0.25, 0.3) is 0 Å². The minimum absolute atomic E-state index is 0.391. The first-order chi connectivity index (χ1) is 9.26. The highest BCUT2D eigenvalue weighted by molar-refractivity contribution is 4.86. The molecule has 0 heterocycles. The molecular weight excluding hydrogens is 242 g/mol. The van der Waals surface area contributed by atoms with Gasteiger partial charge in [-0.2, -0.15) is 0 Å². The van der Waals surface area contributed by atoms with Gasteiger partial charge in [0.05, 0.1) is 18.8 Å². The highest BCUT2D eigenvalue weighted by atomic mass is 16.5. The maximum absolute atomic E-state index is 9.77. The largest absolute Gasteiger partial charge is 0.389 e. The van der Waals surface area contributed by atoms with E-state index in [9.17, 15) is 5.11 Å². The molecule has 0 aromatic carbocycles. The fraction of sp³-hybridized carbons (Fsp3) is 1.00. The van der Waals surface area contributed by atoms with Gasteiger partial charge in [-0.1, -0.05) is 26.2 Å². The second kappa shape index (κ2) is 10.6. The van der Waals surface area contributed by atoms with E-state index >= 15 is 0 Å². The molecule has 114 valence electrons. The average molecular weight is 273 g/mol. The van der Waals surface area contributed by atoms with Crippen LogP contribution in [0.5, 0.6) is 0 Å². The molecule has 19 heavy (non-hydrogen) atoms. The third kappa shape index (κ3) is 7.88. The van der Waals surface area contributed by atoms with E-state index in [4.69, 9.17) is 9.47 Å². The molecule has 4 nitrogen and oxygen atoms in total. The van der Waals surface area contributed by atoms with Crippen molar-refractivity contribution in [3.8, 4) is 0 Å². The van der Waals surface area contributed by atoms with E-state index in [-0.39, 0.29) is 0 Å². The zero-order valence-electron chi connectivity index (χ0n) is 12.6. The first kappa shape index (κ1) is 16.9. The van der Waals surface area contributed by atoms with E-state index in [0.717, 1.165) is 32.5 Å². The van der Waals surface area contributed by atoms with Crippen molar-refractivity contribution in [3.63, 3.8) is 0 Å². The highest BCUT2D eigenvalue weighted by Gasteiger charge is 2.29. The Morgan fingerprint density at radius 2 is 2.00 bits per heavy atom. The van der Waals surface area contributed by atoms with E-state index < -0.39 is 6.10 Å². The summed E-state index contributed by atoms with van der Waals surface area (Å²) < 4.78 is 11.0. The van der Waals surface area contributed by atoms with Crippen molar-refractivity contribution in [2.24, 2.45) is 0 Å². The van der Waals surface area contributed by atoms with Gasteiger partial charge in [-0.05, 0) is 26.2 Å². The van der Waals surface area contributed by atoms with E-state index in [0.29, 0.717) is 25.3 Å². The monoisotopic (exact) mass is 273 g/mol. The van der Waals surface area contributed by atoms with Crippen molar-refractivity contribution in [1.29, 1.82) is 0 Å². The van der Waals surface area contributed by atoms with Crippen LogP contribution in [0.2, 0.25) is 0 Å². The summed E-state index contributed by atoms with van der Waals surface area (Å²) in [6.07, 6.45) is 7.02. The Balaban J connectivity index is 1.85. The summed E-state index contributed by atoms with van der Waals surface area (Å²) in [5.41, 5.74) is 0. The topological polar surface area (TPSA) is 50.7 Å². The Bertz CT molecular complexity index is 208. The van der Waals surface area contributed by atoms with Gasteiger partial charge in [0, 0.05) is 25.8 Å². The molecule has 0 amide bonds. The molecule has 0 aliphatic heterocycles. The van der Waals surface area contributed by atoms with E-state index in [1.807, 2.05) is 6.92 Å². The molecular formula is C15H31NO3. The summed E-state index contributed by atoms with van der Waals surface area (Å²) in [4.78, 5) is 0. The van der Waals surface area contributed by atoms with Crippen LogP contribution in [0.1, 0.15) is 52.4 Å². The first-order valence-electron chi connectivity index (χ1n) is 7.87. The minimum atomic E-state index is -0.391. The lowest BCUT2D eigenvalue weighted by Crippen LogP contribution is -2.48. The van der Waals surface area contributed by atoms with Crippen molar-refractivity contribution in [1.82, 2.24) is 5.32 Å². The Labute approximate surface area is 117 Å². The molecule has 1 atom stereocenters. The maximum Gasteiger partial charge on any atom is 0.0897 e. The molecule has 1 unspecified atom stereocenters. The lowest BCUT2D eigenvalue weighted by molar-refractivity contribution is -0.0164. The van der Waals surface area contributed by atoms with Crippen LogP contribution in [0.3, 0.4) is 0 Å². The maximum atomic E-state index is 9.77. The van der Waals surface area contributed by atoms with Crippen LogP contribution in [0.4, 0.5) is 0 Å². The van der Waals surface area contributed by atoms with Gasteiger partial charge in [-0.15, -0.1) is 0 Å². The number of rotatable bonds is 12. The number of ether oxygens (including phenoxy) is 2. The van der Waals surface area contributed by atoms with E-state index in [2.05, 4.69) is 12.2 Å². The number of unbranched alkanes of at least 4 members (excludes halogenated alkanes) is 3. The van der Waals surface area contributed by atoms with Crippen LogP contribution in [0.25, 0.3) is 0 Å². The molecule has 1 fully saturated rings. The fourth-order valence-electron chi connectivity index (χ4n) is 2.32. The molecule has 1 aliphatic carbocycles. The van der Waals surface area contributed by atoms with Crippen LogP contribution in [-0.4, -0.2) is 49.7 Å². The van der Waals surface area contributed by atoms with Crippen molar-refractivity contribution in [2.75, 3.05) is 26.4 Å². The standard InChI is InChI=1S/C15H31NO3/c1-3-5-6-7-8-18-12-14(17)11-16-13-9-15(10-13)19-4-2/h13-17H,3-12H2,1-2H3. The summed E-state index contributed by atoms with van der Waals surface area (Å²) in [7, 11) is 0. The van der Waals surface area contributed by atoms with Crippen LogP contribution in [0.15, 0.2) is 0 Å². The summed E-state index contributed by atoms with van der Waals surface area (Å²) in [6.45, 7) is 6.87. The van der Waals surface area contributed by atoms with Crippen molar-refractivity contribution >= 4 is 0 Å². The van der Waals surface area contributed by atoms with Crippen molar-refractivity contribution in [2.45, 2.75) is 70.6 Å². The van der Waals surface area contributed by atoms with Gasteiger partial charge in [-0.25, -0.2) is 0 Å². The minimum Gasteiger partial charge on any atom is -0.389 e. The molecule has 4 heteroatoms. The summed E-state index contributed by atoms with van der Waals surface area (Å²) in [5.74, 6) is 0. The lowest BCUT2D eigenvalue weighted by Gasteiger charge is -2.36. The van der Waals surface area contributed by atoms with Crippen LogP contribution in [-0.2, 0) is 9.47 Å². The third-order valence-corrected chi connectivity index (χ3v) is 3.59. The average Bonchev–Trinajstić information content (AvgIpc) is 2.36. The Morgan fingerprint density at radius 1 is 1.21 bits per heavy atom. The quantitative estimate of drug-likeness (QED) is 0.535. The van der Waals surface area contributed by atoms with Gasteiger partial charge in [0.15, 0.2) is 0 Å². The smallest absolute Gasteiger partial charge is 0.0897 e. The molecule has 0 bridgehead atoms. The number of hydrogen-bond acceptors (Lipinski definition) is 4. The van der Waals surface area contributed by atoms with Crippen LogP contribution < -0.4 is 5.32 Å². The van der Waals surface area contributed by atoms with Gasteiger partial charge in [-0.3, -0.25) is 0 Å². The number of aliphatic hydroxyl groups is 1. The second-order valence-electron chi connectivity index (χ2n) is 5.44. The summed E-state index contributed by atoms with van der Waals surface area (Å²) >= 11 is 0. The van der Waals surface area contributed by atoms with Gasteiger partial charge < -0.3 is 19.9 Å². The van der Waals surface area contributed by atoms with Crippen molar-refractivity contribution < 1.29 is 14.6 Å². The summed E-state index contributed by atoms with van der Waals surface area (Å²) in [5, 5.41) is 13.1. The van der Waals surface area contributed by atoms with Crippen molar-refractivity contribution in [3.05, 3.63) is 0 Å². The number of aliphatic hydroxyl groups excluding tert-OH is 1. The van der Waals surface area contributed by atoms with Gasteiger partial charge in [0.2, 0.25) is 0 Å². The number of nitrogens with one attached hydrogen (secondary N) is 1. The Kier molecular flexibility index (Phi) is 9.43. The summed E-state index contributed by atoms with van der Waals surface area (Å²) in [6, 6.07) is 0.510. The van der Waals surface area contributed by atoms with Gasteiger partial charge in [0.1, 0.15) is 0 Å². The molecule has 1 aliphatic rings. The molecule has 1 rings (SSSR count). The highest BCUT2D eigenvalue weighted by Crippen LogP contribution is 2.22. The molecule has 0 spiro atoms. The number of hydrogen-bond donors (Lipinski definition) is 2. The molecule has 1 saturated carbocycles. The molecule has 0 aromatic rings.